The summed E-state index contributed by atoms with van der Waals surface area (Å²) >= 11 is 6.80. The molecule has 2 nitrogen and oxygen atoms in total. The molecule has 1 heterocycles. The van der Waals surface area contributed by atoms with Gasteiger partial charge in [-0.25, -0.2) is 4.98 Å². The summed E-state index contributed by atoms with van der Waals surface area (Å²) < 4.78 is 37.1. The summed E-state index contributed by atoms with van der Waals surface area (Å²) in [6, 6.07) is -0.00375. The van der Waals surface area contributed by atoms with Gasteiger partial charge in [0.05, 0.1) is 11.6 Å². The lowest BCUT2D eigenvalue weighted by Crippen LogP contribution is -2.35. The Morgan fingerprint density at radius 3 is 2.62 bits per heavy atom. The van der Waals surface area contributed by atoms with E-state index in [0.29, 0.717) is 10.8 Å². The molecule has 1 aromatic heterocycles. The molecule has 0 spiro atoms. The molecule has 2 rings (SSSR count). The van der Waals surface area contributed by atoms with Crippen molar-refractivity contribution >= 4 is 28.1 Å². The van der Waals surface area contributed by atoms with Crippen LogP contribution in [0.5, 0.6) is 0 Å². The van der Waals surface area contributed by atoms with Crippen LogP contribution in [0.15, 0.2) is 5.38 Å². The maximum absolute atomic E-state index is 12.4. The van der Waals surface area contributed by atoms with Crippen molar-refractivity contribution in [3.05, 3.63) is 11.1 Å². The molecular weight excluding hydrogens is 261 g/mol. The van der Waals surface area contributed by atoms with Crippen LogP contribution in [0.2, 0.25) is 0 Å². The SMILES string of the molecule is FC(F)(F)CN(c1nc(CCl)cs1)C1CC1. The highest BCUT2D eigenvalue weighted by atomic mass is 35.5. The van der Waals surface area contributed by atoms with E-state index in [4.69, 9.17) is 11.6 Å². The van der Waals surface area contributed by atoms with Crippen molar-refractivity contribution in [2.75, 3.05) is 11.4 Å². The number of nitrogens with zero attached hydrogens (tertiary/aromatic N) is 2. The van der Waals surface area contributed by atoms with E-state index in [1.807, 2.05) is 0 Å². The van der Waals surface area contributed by atoms with Crippen molar-refractivity contribution in [1.29, 1.82) is 0 Å². The molecule has 0 saturated heterocycles. The second kappa shape index (κ2) is 4.41. The Kier molecular flexibility index (Phi) is 3.30. The molecule has 0 radical (unpaired) electrons. The van der Waals surface area contributed by atoms with Gasteiger partial charge in [0.15, 0.2) is 5.13 Å². The van der Waals surface area contributed by atoms with Gasteiger partial charge in [0, 0.05) is 11.4 Å². The fraction of sp³-hybridized carbons (Fsp3) is 0.667. The van der Waals surface area contributed by atoms with Crippen LogP contribution in [-0.4, -0.2) is 23.7 Å². The second-order valence-electron chi connectivity index (χ2n) is 3.73. The zero-order valence-electron chi connectivity index (χ0n) is 8.30. The summed E-state index contributed by atoms with van der Waals surface area (Å²) in [6.45, 7) is -0.924. The van der Waals surface area contributed by atoms with Gasteiger partial charge in [-0.15, -0.1) is 22.9 Å². The first kappa shape index (κ1) is 12.0. The summed E-state index contributed by atoms with van der Waals surface area (Å²) in [5.41, 5.74) is 0.634. The van der Waals surface area contributed by atoms with E-state index < -0.39 is 12.7 Å². The molecule has 90 valence electrons. The van der Waals surface area contributed by atoms with Crippen LogP contribution in [0.1, 0.15) is 18.5 Å². The number of hydrogen-bond acceptors (Lipinski definition) is 3. The lowest BCUT2D eigenvalue weighted by Gasteiger charge is -2.22. The first-order chi connectivity index (χ1) is 7.49. The first-order valence-corrected chi connectivity index (χ1v) is 6.25. The van der Waals surface area contributed by atoms with Crippen LogP contribution in [-0.2, 0) is 5.88 Å². The molecule has 0 amide bonds. The smallest absolute Gasteiger partial charge is 0.336 e. The lowest BCUT2D eigenvalue weighted by atomic mass is 10.5. The molecule has 1 aliphatic rings. The van der Waals surface area contributed by atoms with Gasteiger partial charge in [-0.2, -0.15) is 13.2 Å². The molecule has 0 bridgehead atoms. The van der Waals surface area contributed by atoms with Crippen molar-refractivity contribution in [3.8, 4) is 0 Å². The Hall–Kier alpha value is -0.490. The van der Waals surface area contributed by atoms with Crippen molar-refractivity contribution in [1.82, 2.24) is 4.98 Å². The summed E-state index contributed by atoms with van der Waals surface area (Å²) in [5.74, 6) is 0.237. The Morgan fingerprint density at radius 2 is 2.19 bits per heavy atom. The summed E-state index contributed by atoms with van der Waals surface area (Å²) in [7, 11) is 0. The maximum atomic E-state index is 12.4. The molecule has 1 aromatic rings. The molecule has 16 heavy (non-hydrogen) atoms. The van der Waals surface area contributed by atoms with Gasteiger partial charge in [0.2, 0.25) is 0 Å². The lowest BCUT2D eigenvalue weighted by molar-refractivity contribution is -0.120. The molecule has 0 unspecified atom stereocenters. The number of alkyl halides is 4. The largest absolute Gasteiger partial charge is 0.406 e. The van der Waals surface area contributed by atoms with Crippen LogP contribution in [0.3, 0.4) is 0 Å². The van der Waals surface area contributed by atoms with E-state index in [1.165, 1.54) is 16.2 Å². The Bertz CT molecular complexity index is 362. The fourth-order valence-electron chi connectivity index (χ4n) is 1.42. The minimum atomic E-state index is -4.19. The van der Waals surface area contributed by atoms with Gasteiger partial charge in [-0.05, 0) is 12.8 Å². The van der Waals surface area contributed by atoms with E-state index in [0.717, 1.165) is 12.8 Å². The number of rotatable bonds is 4. The Balaban J connectivity index is 2.12. The van der Waals surface area contributed by atoms with Crippen molar-refractivity contribution in [2.24, 2.45) is 0 Å². The van der Waals surface area contributed by atoms with Crippen LogP contribution >= 0.6 is 22.9 Å². The molecule has 0 aliphatic heterocycles. The van der Waals surface area contributed by atoms with Crippen molar-refractivity contribution in [3.63, 3.8) is 0 Å². The fourth-order valence-corrected chi connectivity index (χ4v) is 2.55. The standard InChI is InChI=1S/C9H10ClF3N2S/c10-3-6-4-16-8(14-6)15(7-1-2-7)5-9(11,12)13/h4,7H,1-3,5H2. The Labute approximate surface area is 100 Å². The van der Waals surface area contributed by atoms with Gasteiger partial charge >= 0.3 is 6.18 Å². The highest BCUT2D eigenvalue weighted by Crippen LogP contribution is 2.35. The van der Waals surface area contributed by atoms with Gasteiger partial charge in [0.1, 0.15) is 6.54 Å². The van der Waals surface area contributed by atoms with E-state index in [-0.39, 0.29) is 11.9 Å². The van der Waals surface area contributed by atoms with Crippen molar-refractivity contribution in [2.45, 2.75) is 30.9 Å². The highest BCUT2D eigenvalue weighted by Gasteiger charge is 2.39. The molecular formula is C9H10ClF3N2S. The number of hydrogen-bond donors (Lipinski definition) is 0. The van der Waals surface area contributed by atoms with Gasteiger partial charge in [0.25, 0.3) is 0 Å². The summed E-state index contributed by atoms with van der Waals surface area (Å²) in [4.78, 5) is 5.42. The second-order valence-corrected chi connectivity index (χ2v) is 4.83. The molecule has 1 saturated carbocycles. The van der Waals surface area contributed by atoms with Gasteiger partial charge in [-0.1, -0.05) is 0 Å². The number of halogens is 4. The minimum absolute atomic E-state index is 0.00375. The Morgan fingerprint density at radius 1 is 1.50 bits per heavy atom. The third-order valence-electron chi connectivity index (χ3n) is 2.26. The summed E-state index contributed by atoms with van der Waals surface area (Å²) in [6.07, 6.45) is -2.56. The highest BCUT2D eigenvalue weighted by molar-refractivity contribution is 7.13. The zero-order chi connectivity index (χ0) is 11.8. The summed E-state index contributed by atoms with van der Waals surface area (Å²) in [5, 5.41) is 2.13. The number of aromatic nitrogens is 1. The van der Waals surface area contributed by atoms with E-state index in [1.54, 1.807) is 5.38 Å². The topological polar surface area (TPSA) is 16.1 Å². The predicted molar refractivity (Wildman–Crippen MR) is 58.1 cm³/mol. The predicted octanol–water partition coefficient (Wildman–Crippen LogP) is 3.41. The average Bonchev–Trinajstić information content (AvgIpc) is 2.91. The third-order valence-corrected chi connectivity index (χ3v) is 3.46. The van der Waals surface area contributed by atoms with E-state index >= 15 is 0 Å². The third kappa shape index (κ3) is 3.01. The number of anilines is 1. The van der Waals surface area contributed by atoms with Gasteiger partial charge in [-0.3, -0.25) is 0 Å². The van der Waals surface area contributed by atoms with Crippen LogP contribution in [0.4, 0.5) is 18.3 Å². The monoisotopic (exact) mass is 270 g/mol. The molecule has 1 aliphatic carbocycles. The van der Waals surface area contributed by atoms with E-state index in [2.05, 4.69) is 4.98 Å². The quantitative estimate of drug-likeness (QED) is 0.780. The average molecular weight is 271 g/mol. The van der Waals surface area contributed by atoms with Crippen LogP contribution in [0.25, 0.3) is 0 Å². The molecule has 0 aromatic carbocycles. The van der Waals surface area contributed by atoms with Crippen LogP contribution < -0.4 is 4.90 Å². The molecule has 0 atom stereocenters. The number of thiazole rings is 1. The molecule has 1 fully saturated rings. The molecule has 0 N–H and O–H groups in total. The zero-order valence-corrected chi connectivity index (χ0v) is 9.87. The maximum Gasteiger partial charge on any atom is 0.406 e. The molecule has 7 heteroatoms. The van der Waals surface area contributed by atoms with Crippen molar-refractivity contribution < 1.29 is 13.2 Å². The van der Waals surface area contributed by atoms with E-state index in [9.17, 15) is 13.2 Å². The minimum Gasteiger partial charge on any atom is -0.336 e. The normalized spacial score (nSPS) is 16.5. The van der Waals surface area contributed by atoms with Gasteiger partial charge < -0.3 is 4.90 Å². The van der Waals surface area contributed by atoms with Crippen LogP contribution in [0, 0.1) is 0 Å². The first-order valence-electron chi connectivity index (χ1n) is 4.83.